The number of nitro benzene ring substituents is 1. The van der Waals surface area contributed by atoms with Gasteiger partial charge in [0.2, 0.25) is 0 Å². The fourth-order valence-electron chi connectivity index (χ4n) is 1.73. The van der Waals surface area contributed by atoms with E-state index >= 15 is 0 Å². The molecule has 0 spiro atoms. The molecular weight excluding hydrogens is 246 g/mol. The molecule has 0 saturated carbocycles. The van der Waals surface area contributed by atoms with Gasteiger partial charge in [-0.2, -0.15) is 0 Å². The summed E-state index contributed by atoms with van der Waals surface area (Å²) in [6, 6.07) is 12.8. The number of benzene rings is 2. The van der Waals surface area contributed by atoms with Gasteiger partial charge in [-0.1, -0.05) is 35.5 Å². The predicted octanol–water partition coefficient (Wildman–Crippen LogP) is 2.40. The average molecular weight is 257 g/mol. The van der Waals surface area contributed by atoms with Crippen LogP contribution in [0.15, 0.2) is 53.7 Å². The van der Waals surface area contributed by atoms with Crippen LogP contribution < -0.4 is 5.73 Å². The fourth-order valence-corrected chi connectivity index (χ4v) is 1.73. The number of anilines is 1. The van der Waals surface area contributed by atoms with Crippen LogP contribution in [0.25, 0.3) is 0 Å². The second kappa shape index (κ2) is 5.18. The molecule has 6 heteroatoms. The highest BCUT2D eigenvalue weighted by Crippen LogP contribution is 2.23. The van der Waals surface area contributed by atoms with Crippen LogP contribution in [-0.4, -0.2) is 15.8 Å². The van der Waals surface area contributed by atoms with Crippen molar-refractivity contribution in [3.05, 3.63) is 69.8 Å². The Kier molecular flexibility index (Phi) is 3.42. The van der Waals surface area contributed by atoms with Gasteiger partial charge in [-0.3, -0.25) is 10.1 Å². The van der Waals surface area contributed by atoms with E-state index in [1.165, 1.54) is 18.2 Å². The van der Waals surface area contributed by atoms with Gasteiger partial charge in [0, 0.05) is 28.9 Å². The van der Waals surface area contributed by atoms with Crippen molar-refractivity contribution >= 4 is 17.1 Å². The van der Waals surface area contributed by atoms with Gasteiger partial charge in [0.15, 0.2) is 0 Å². The van der Waals surface area contributed by atoms with Crippen LogP contribution in [0.2, 0.25) is 0 Å². The number of hydrogen-bond acceptors (Lipinski definition) is 5. The molecule has 0 fully saturated rings. The van der Waals surface area contributed by atoms with Gasteiger partial charge < -0.3 is 10.9 Å². The molecule has 3 N–H and O–H groups in total. The molecule has 0 unspecified atom stereocenters. The number of nitrogen functional groups attached to an aromatic ring is 1. The Hall–Kier alpha value is -2.89. The predicted molar refractivity (Wildman–Crippen MR) is 71.4 cm³/mol. The van der Waals surface area contributed by atoms with Crippen molar-refractivity contribution in [1.82, 2.24) is 0 Å². The molecule has 0 aliphatic rings. The highest BCUT2D eigenvalue weighted by molar-refractivity contribution is 6.15. The van der Waals surface area contributed by atoms with Gasteiger partial charge in [0.05, 0.1) is 4.92 Å². The molecule has 0 bridgehead atoms. The number of nitrogens with two attached hydrogens (primary N) is 1. The van der Waals surface area contributed by atoms with Crippen LogP contribution in [0.1, 0.15) is 11.1 Å². The molecule has 19 heavy (non-hydrogen) atoms. The quantitative estimate of drug-likeness (QED) is 0.290. The van der Waals surface area contributed by atoms with Crippen LogP contribution in [0.3, 0.4) is 0 Å². The number of non-ortho nitro benzene ring substituents is 1. The Morgan fingerprint density at radius 2 is 1.89 bits per heavy atom. The van der Waals surface area contributed by atoms with Gasteiger partial charge >= 0.3 is 0 Å². The van der Waals surface area contributed by atoms with Gasteiger partial charge in [-0.15, -0.1) is 0 Å². The maximum atomic E-state index is 10.8. The summed E-state index contributed by atoms with van der Waals surface area (Å²) >= 11 is 0. The molecule has 0 aliphatic carbocycles. The number of rotatable bonds is 3. The Balaban J connectivity index is 2.56. The normalized spacial score (nSPS) is 11.3. The molecule has 0 atom stereocenters. The monoisotopic (exact) mass is 257 g/mol. The van der Waals surface area contributed by atoms with E-state index in [4.69, 9.17) is 10.9 Å². The molecule has 2 aromatic rings. The molecule has 0 amide bonds. The largest absolute Gasteiger partial charge is 0.410 e. The van der Waals surface area contributed by atoms with Gasteiger partial charge in [0.25, 0.3) is 5.69 Å². The highest BCUT2D eigenvalue weighted by atomic mass is 16.6. The molecule has 0 heterocycles. The first-order chi connectivity index (χ1) is 9.13. The van der Waals surface area contributed by atoms with E-state index in [0.717, 1.165) is 0 Å². The van der Waals surface area contributed by atoms with E-state index in [1.54, 1.807) is 24.3 Å². The summed E-state index contributed by atoms with van der Waals surface area (Å²) in [5.74, 6) is 0. The zero-order valence-corrected chi connectivity index (χ0v) is 9.85. The van der Waals surface area contributed by atoms with Gasteiger partial charge in [-0.25, -0.2) is 0 Å². The molecule has 6 nitrogen and oxygen atoms in total. The number of nitro groups is 1. The first-order valence-electron chi connectivity index (χ1n) is 5.45. The second-order valence-corrected chi connectivity index (χ2v) is 3.84. The Labute approximate surface area is 108 Å². The van der Waals surface area contributed by atoms with Crippen LogP contribution in [0, 0.1) is 10.1 Å². The summed E-state index contributed by atoms with van der Waals surface area (Å²) in [5.41, 5.74) is 7.13. The Morgan fingerprint density at radius 3 is 2.47 bits per heavy atom. The smallest absolute Gasteiger partial charge is 0.270 e. The third-order valence-electron chi connectivity index (χ3n) is 2.65. The number of nitrogens with zero attached hydrogens (tertiary/aromatic N) is 2. The topological polar surface area (TPSA) is 102 Å². The molecule has 0 aliphatic heterocycles. The summed E-state index contributed by atoms with van der Waals surface area (Å²) in [6.07, 6.45) is 0. The maximum Gasteiger partial charge on any atom is 0.270 e. The molecule has 96 valence electrons. The van der Waals surface area contributed by atoms with E-state index in [0.29, 0.717) is 16.8 Å². The minimum absolute atomic E-state index is 0.110. The maximum absolute atomic E-state index is 10.8. The minimum atomic E-state index is -0.525. The average Bonchev–Trinajstić information content (AvgIpc) is 2.42. The van der Waals surface area contributed by atoms with Crippen molar-refractivity contribution in [3.8, 4) is 0 Å². The second-order valence-electron chi connectivity index (χ2n) is 3.84. The number of oxime groups is 1. The first-order valence-corrected chi connectivity index (χ1v) is 5.45. The Bertz CT molecular complexity index is 639. The van der Waals surface area contributed by atoms with Crippen LogP contribution in [0.5, 0.6) is 0 Å². The first kappa shape index (κ1) is 12.6. The fraction of sp³-hybridized carbons (Fsp3) is 0. The third kappa shape index (κ3) is 2.52. The summed E-state index contributed by atoms with van der Waals surface area (Å²) in [6.45, 7) is 0. The lowest BCUT2D eigenvalue weighted by atomic mass is 10.0. The van der Waals surface area contributed by atoms with E-state index < -0.39 is 4.92 Å². The van der Waals surface area contributed by atoms with Crippen molar-refractivity contribution < 1.29 is 10.1 Å². The summed E-state index contributed by atoms with van der Waals surface area (Å²) in [7, 11) is 0. The van der Waals surface area contributed by atoms with Gasteiger partial charge in [0.1, 0.15) is 5.71 Å². The van der Waals surface area contributed by atoms with Crippen molar-refractivity contribution in [2.75, 3.05) is 5.73 Å². The van der Waals surface area contributed by atoms with Crippen LogP contribution in [-0.2, 0) is 0 Å². The standard InChI is InChI=1S/C13H11N3O3/c14-12-7-6-10(16(18)19)8-11(12)13(15-17)9-4-2-1-3-5-9/h1-8,17H,14H2. The lowest BCUT2D eigenvalue weighted by molar-refractivity contribution is -0.384. The van der Waals surface area contributed by atoms with Crippen molar-refractivity contribution in [2.24, 2.45) is 5.16 Å². The Morgan fingerprint density at radius 1 is 1.21 bits per heavy atom. The lowest BCUT2D eigenvalue weighted by Crippen LogP contribution is -2.07. The van der Waals surface area contributed by atoms with E-state index in [-0.39, 0.29) is 11.4 Å². The molecule has 0 radical (unpaired) electrons. The molecular formula is C13H11N3O3. The highest BCUT2D eigenvalue weighted by Gasteiger charge is 2.15. The lowest BCUT2D eigenvalue weighted by Gasteiger charge is -2.07. The van der Waals surface area contributed by atoms with Crippen molar-refractivity contribution in [3.63, 3.8) is 0 Å². The minimum Gasteiger partial charge on any atom is -0.410 e. The summed E-state index contributed by atoms with van der Waals surface area (Å²) < 4.78 is 0. The SMILES string of the molecule is Nc1ccc([N+](=O)[O-])cc1C(=NO)c1ccccc1. The molecule has 2 rings (SSSR count). The molecule has 0 aromatic heterocycles. The van der Waals surface area contributed by atoms with Crippen LogP contribution >= 0.6 is 0 Å². The van der Waals surface area contributed by atoms with E-state index in [2.05, 4.69) is 5.16 Å². The van der Waals surface area contributed by atoms with E-state index in [1.807, 2.05) is 6.07 Å². The van der Waals surface area contributed by atoms with Crippen molar-refractivity contribution in [1.29, 1.82) is 0 Å². The van der Waals surface area contributed by atoms with Crippen LogP contribution in [0.4, 0.5) is 11.4 Å². The van der Waals surface area contributed by atoms with E-state index in [9.17, 15) is 10.1 Å². The summed E-state index contributed by atoms with van der Waals surface area (Å²) in [5, 5.41) is 23.1. The zero-order chi connectivity index (χ0) is 13.8. The third-order valence-corrected chi connectivity index (χ3v) is 2.65. The van der Waals surface area contributed by atoms with Crippen molar-refractivity contribution in [2.45, 2.75) is 0 Å². The van der Waals surface area contributed by atoms with Gasteiger partial charge in [-0.05, 0) is 6.07 Å². The summed E-state index contributed by atoms with van der Waals surface area (Å²) in [4.78, 5) is 10.2. The number of hydrogen-bond donors (Lipinski definition) is 2. The molecule has 2 aromatic carbocycles. The molecule has 0 saturated heterocycles. The zero-order valence-electron chi connectivity index (χ0n) is 9.85.